The molecule has 1 aromatic rings. The van der Waals surface area contributed by atoms with Crippen LogP contribution in [0.1, 0.15) is 37.9 Å². The monoisotopic (exact) mass is 255 g/mol. The molecule has 1 atom stereocenters. The zero-order valence-corrected chi connectivity index (χ0v) is 11.7. The molecule has 3 N–H and O–H groups in total. The molecule has 1 rings (SSSR count). The number of hydrogen-bond acceptors (Lipinski definition) is 4. The quantitative estimate of drug-likeness (QED) is 0.862. The molecule has 0 aliphatic heterocycles. The molecule has 0 aromatic carbocycles. The lowest BCUT2D eigenvalue weighted by Crippen LogP contribution is -2.40. The molecule has 0 spiro atoms. The molecule has 1 heterocycles. The third-order valence-electron chi connectivity index (χ3n) is 2.65. The molecule has 96 valence electrons. The van der Waals surface area contributed by atoms with E-state index in [0.29, 0.717) is 13.0 Å². The van der Waals surface area contributed by atoms with Crippen molar-refractivity contribution in [2.75, 3.05) is 0 Å². The third kappa shape index (κ3) is 4.83. The van der Waals surface area contributed by atoms with Gasteiger partial charge in [-0.15, -0.1) is 11.3 Å². The maximum Gasteiger partial charge on any atom is 0.221 e. The molecule has 0 fully saturated rings. The fourth-order valence-electron chi connectivity index (χ4n) is 1.26. The maximum atomic E-state index is 11.7. The number of rotatable bonds is 4. The summed E-state index contributed by atoms with van der Waals surface area (Å²) in [7, 11) is 0. The Morgan fingerprint density at radius 3 is 2.71 bits per heavy atom. The van der Waals surface area contributed by atoms with Crippen molar-refractivity contribution in [2.24, 2.45) is 11.1 Å². The van der Waals surface area contributed by atoms with E-state index in [9.17, 15) is 4.79 Å². The van der Waals surface area contributed by atoms with Gasteiger partial charge in [-0.2, -0.15) is 0 Å². The molecule has 1 aromatic heterocycles. The van der Waals surface area contributed by atoms with Crippen LogP contribution in [0.25, 0.3) is 0 Å². The summed E-state index contributed by atoms with van der Waals surface area (Å²) in [5.41, 5.74) is 6.81. The summed E-state index contributed by atoms with van der Waals surface area (Å²) in [5, 5.41) is 5.81. The van der Waals surface area contributed by atoms with Crippen molar-refractivity contribution in [3.63, 3.8) is 0 Å². The normalized spacial score (nSPS) is 13.5. The van der Waals surface area contributed by atoms with Crippen LogP contribution in [0.3, 0.4) is 0 Å². The summed E-state index contributed by atoms with van der Waals surface area (Å²) in [4.78, 5) is 15.9. The Morgan fingerprint density at radius 2 is 2.24 bits per heavy atom. The first kappa shape index (κ1) is 14.1. The van der Waals surface area contributed by atoms with E-state index in [2.05, 4.69) is 10.3 Å². The second-order valence-corrected chi connectivity index (χ2v) is 6.37. The summed E-state index contributed by atoms with van der Waals surface area (Å²) < 4.78 is 0. The van der Waals surface area contributed by atoms with Crippen molar-refractivity contribution in [1.29, 1.82) is 0 Å². The Morgan fingerprint density at radius 1 is 1.59 bits per heavy atom. The van der Waals surface area contributed by atoms with Crippen molar-refractivity contribution in [3.05, 3.63) is 16.1 Å². The highest BCUT2D eigenvalue weighted by molar-refractivity contribution is 7.09. The number of carbonyl (C=O) groups excluding carboxylic acids is 1. The number of amides is 1. The van der Waals surface area contributed by atoms with E-state index in [-0.39, 0.29) is 17.4 Å². The molecule has 0 radical (unpaired) electrons. The standard InChI is InChI=1S/C12H21N3OS/c1-8-15-9(7-17-8)6-14-11(16)5-10(13)12(2,3)4/h7,10H,5-6,13H2,1-4H3,(H,14,16). The topological polar surface area (TPSA) is 68.0 Å². The lowest BCUT2D eigenvalue weighted by molar-refractivity contribution is -0.122. The van der Waals surface area contributed by atoms with Crippen molar-refractivity contribution < 1.29 is 4.79 Å². The zero-order valence-electron chi connectivity index (χ0n) is 10.9. The number of nitrogens with two attached hydrogens (primary N) is 1. The summed E-state index contributed by atoms with van der Waals surface area (Å²) in [6, 6.07) is -0.125. The minimum atomic E-state index is -0.125. The highest BCUT2D eigenvalue weighted by Crippen LogP contribution is 2.19. The van der Waals surface area contributed by atoms with Crippen molar-refractivity contribution in [2.45, 2.75) is 46.7 Å². The number of thiazole rings is 1. The molecule has 0 saturated heterocycles. The maximum absolute atomic E-state index is 11.7. The van der Waals surface area contributed by atoms with Crippen molar-refractivity contribution in [3.8, 4) is 0 Å². The van der Waals surface area contributed by atoms with Crippen LogP contribution >= 0.6 is 11.3 Å². The van der Waals surface area contributed by atoms with E-state index in [1.807, 2.05) is 33.1 Å². The van der Waals surface area contributed by atoms with Gasteiger partial charge in [-0.1, -0.05) is 20.8 Å². The minimum Gasteiger partial charge on any atom is -0.350 e. The number of nitrogens with one attached hydrogen (secondary N) is 1. The van der Waals surface area contributed by atoms with E-state index in [4.69, 9.17) is 5.73 Å². The first-order valence-electron chi connectivity index (χ1n) is 5.72. The van der Waals surface area contributed by atoms with Crippen LogP contribution in [0.15, 0.2) is 5.38 Å². The van der Waals surface area contributed by atoms with Gasteiger partial charge in [0.1, 0.15) is 0 Å². The average Bonchev–Trinajstić information content (AvgIpc) is 2.60. The van der Waals surface area contributed by atoms with E-state index < -0.39 is 0 Å². The van der Waals surface area contributed by atoms with Gasteiger partial charge in [0.25, 0.3) is 0 Å². The van der Waals surface area contributed by atoms with Crippen LogP contribution in [0.4, 0.5) is 0 Å². The summed E-state index contributed by atoms with van der Waals surface area (Å²) in [6.07, 6.45) is 0.354. The van der Waals surface area contributed by atoms with Crippen LogP contribution in [-0.2, 0) is 11.3 Å². The summed E-state index contributed by atoms with van der Waals surface area (Å²) in [6.45, 7) is 8.55. The van der Waals surface area contributed by atoms with Gasteiger partial charge in [-0.05, 0) is 12.3 Å². The van der Waals surface area contributed by atoms with Crippen LogP contribution in [0, 0.1) is 12.3 Å². The summed E-state index contributed by atoms with van der Waals surface area (Å²) >= 11 is 1.59. The molecule has 5 heteroatoms. The van der Waals surface area contributed by atoms with E-state index in [1.54, 1.807) is 11.3 Å². The zero-order chi connectivity index (χ0) is 13.1. The Kier molecular flexibility index (Phi) is 4.65. The van der Waals surface area contributed by atoms with Crippen molar-refractivity contribution in [1.82, 2.24) is 10.3 Å². The molecular weight excluding hydrogens is 234 g/mol. The molecular formula is C12H21N3OS. The molecule has 0 bridgehead atoms. The molecule has 1 amide bonds. The average molecular weight is 255 g/mol. The Hall–Kier alpha value is -0.940. The van der Waals surface area contributed by atoms with Gasteiger partial charge in [0.15, 0.2) is 0 Å². The smallest absolute Gasteiger partial charge is 0.221 e. The highest BCUT2D eigenvalue weighted by atomic mass is 32.1. The van der Waals surface area contributed by atoms with Gasteiger partial charge >= 0.3 is 0 Å². The Labute approximate surface area is 107 Å². The van der Waals surface area contributed by atoms with Gasteiger partial charge in [0.2, 0.25) is 5.91 Å². The molecule has 0 aliphatic carbocycles. The molecule has 4 nitrogen and oxygen atoms in total. The highest BCUT2D eigenvalue weighted by Gasteiger charge is 2.22. The second kappa shape index (κ2) is 5.60. The first-order chi connectivity index (χ1) is 7.79. The Balaban J connectivity index is 2.36. The lowest BCUT2D eigenvalue weighted by atomic mass is 9.85. The van der Waals surface area contributed by atoms with Gasteiger partial charge in [-0.25, -0.2) is 4.98 Å². The number of hydrogen-bond donors (Lipinski definition) is 2. The predicted octanol–water partition coefficient (Wildman–Crippen LogP) is 1.83. The third-order valence-corrected chi connectivity index (χ3v) is 3.47. The largest absolute Gasteiger partial charge is 0.350 e. The number of carbonyl (C=O) groups is 1. The lowest BCUT2D eigenvalue weighted by Gasteiger charge is -2.26. The molecule has 1 unspecified atom stereocenters. The van der Waals surface area contributed by atoms with E-state index in [0.717, 1.165) is 10.7 Å². The SMILES string of the molecule is Cc1nc(CNC(=O)CC(N)C(C)(C)C)cs1. The van der Waals surface area contributed by atoms with Gasteiger partial charge in [0.05, 0.1) is 17.2 Å². The Bertz CT molecular complexity index is 381. The van der Waals surface area contributed by atoms with Crippen LogP contribution in [0.5, 0.6) is 0 Å². The van der Waals surface area contributed by atoms with E-state index >= 15 is 0 Å². The molecule has 17 heavy (non-hydrogen) atoms. The number of aromatic nitrogens is 1. The van der Waals surface area contributed by atoms with Crippen LogP contribution < -0.4 is 11.1 Å². The van der Waals surface area contributed by atoms with Gasteiger partial charge in [-0.3, -0.25) is 4.79 Å². The van der Waals surface area contributed by atoms with Crippen molar-refractivity contribution >= 4 is 17.2 Å². The number of aryl methyl sites for hydroxylation is 1. The molecule has 0 aliphatic rings. The second-order valence-electron chi connectivity index (χ2n) is 5.31. The van der Waals surface area contributed by atoms with Gasteiger partial charge < -0.3 is 11.1 Å². The fraction of sp³-hybridized carbons (Fsp3) is 0.667. The first-order valence-corrected chi connectivity index (χ1v) is 6.60. The van der Waals surface area contributed by atoms with Gasteiger partial charge in [0, 0.05) is 17.8 Å². The predicted molar refractivity (Wildman–Crippen MR) is 70.7 cm³/mol. The summed E-state index contributed by atoms with van der Waals surface area (Å²) in [5.74, 6) is -0.0157. The van der Waals surface area contributed by atoms with Crippen LogP contribution in [0.2, 0.25) is 0 Å². The minimum absolute atomic E-state index is 0.0157. The fourth-order valence-corrected chi connectivity index (χ4v) is 1.87. The molecule has 0 saturated carbocycles. The number of nitrogens with zero attached hydrogens (tertiary/aromatic N) is 1. The van der Waals surface area contributed by atoms with E-state index in [1.165, 1.54) is 0 Å². The van der Waals surface area contributed by atoms with Crippen LogP contribution in [-0.4, -0.2) is 16.9 Å².